The zero-order chi connectivity index (χ0) is 18.5. The van der Waals surface area contributed by atoms with Gasteiger partial charge in [-0.15, -0.1) is 0 Å². The Bertz CT molecular complexity index is 644. The van der Waals surface area contributed by atoms with Gasteiger partial charge in [0.2, 0.25) is 5.91 Å². The number of amides is 1. The number of carbonyl (C=O) groups excluding carboxylic acids is 1. The van der Waals surface area contributed by atoms with Gasteiger partial charge in [-0.2, -0.15) is 0 Å². The maximum Gasteiger partial charge on any atom is 0.223 e. The van der Waals surface area contributed by atoms with Gasteiger partial charge in [0.1, 0.15) is 0 Å². The summed E-state index contributed by atoms with van der Waals surface area (Å²) >= 11 is 0. The lowest BCUT2D eigenvalue weighted by molar-refractivity contribution is -0.127. The van der Waals surface area contributed by atoms with Crippen molar-refractivity contribution in [1.82, 2.24) is 9.80 Å². The van der Waals surface area contributed by atoms with Gasteiger partial charge in [0.05, 0.1) is 6.10 Å². The van der Waals surface area contributed by atoms with Gasteiger partial charge in [0, 0.05) is 32.7 Å². The number of nitrogens with zero attached hydrogens (tertiary/aromatic N) is 2. The van der Waals surface area contributed by atoms with Gasteiger partial charge in [0.25, 0.3) is 0 Å². The van der Waals surface area contributed by atoms with Gasteiger partial charge < -0.3 is 14.5 Å². The molecule has 0 radical (unpaired) electrons. The van der Waals surface area contributed by atoms with E-state index in [-0.39, 0.29) is 5.41 Å². The number of hydrogen-bond donors (Lipinski definition) is 0. The third kappa shape index (κ3) is 4.80. The lowest BCUT2D eigenvalue weighted by atomic mass is 9.77. The number of hydrogen-bond acceptors (Lipinski definition) is 3. The number of ether oxygens (including phenoxy) is 1. The molecule has 3 aliphatic rings. The van der Waals surface area contributed by atoms with Crippen LogP contribution < -0.4 is 0 Å². The van der Waals surface area contributed by atoms with E-state index in [0.717, 1.165) is 58.6 Å². The Labute approximate surface area is 163 Å². The molecule has 4 heteroatoms. The van der Waals surface area contributed by atoms with Crippen molar-refractivity contribution in [1.29, 1.82) is 0 Å². The molecule has 1 amide bonds. The topological polar surface area (TPSA) is 32.8 Å². The Hall–Kier alpha value is -1.65. The molecular weight excluding hydrogens is 336 g/mol. The SMILES string of the molecule is O=C1CC2(CCN(C[C@@H]3CCCCO3)CC2)CN1C/C=C/c1ccccc1. The molecule has 146 valence electrons. The van der Waals surface area contributed by atoms with E-state index in [0.29, 0.717) is 12.0 Å². The van der Waals surface area contributed by atoms with Crippen LogP contribution in [0.4, 0.5) is 0 Å². The summed E-state index contributed by atoms with van der Waals surface area (Å²) < 4.78 is 5.90. The lowest BCUT2D eigenvalue weighted by Gasteiger charge is -2.40. The molecule has 1 atom stereocenters. The van der Waals surface area contributed by atoms with E-state index in [2.05, 4.69) is 34.1 Å². The predicted octanol–water partition coefficient (Wildman–Crippen LogP) is 3.58. The van der Waals surface area contributed by atoms with Crippen LogP contribution >= 0.6 is 0 Å². The second-order valence-electron chi connectivity index (χ2n) is 8.55. The second-order valence-corrected chi connectivity index (χ2v) is 8.55. The smallest absolute Gasteiger partial charge is 0.223 e. The molecular formula is C23H32N2O2. The standard InChI is InChI=1S/C23H32N2O2/c26-22-17-23(19-25(22)13-6-9-20-7-2-1-3-8-20)11-14-24(15-12-23)18-21-10-4-5-16-27-21/h1-3,6-9,21H,4-5,10-19H2/b9-6+/t21-/m0/s1. The Morgan fingerprint density at radius 3 is 2.70 bits per heavy atom. The first kappa shape index (κ1) is 18.7. The summed E-state index contributed by atoms with van der Waals surface area (Å²) in [6.45, 7) is 5.89. The van der Waals surface area contributed by atoms with E-state index in [4.69, 9.17) is 4.74 Å². The Morgan fingerprint density at radius 1 is 1.15 bits per heavy atom. The monoisotopic (exact) mass is 368 g/mol. The molecule has 0 unspecified atom stereocenters. The first-order chi connectivity index (χ1) is 13.2. The summed E-state index contributed by atoms with van der Waals surface area (Å²) in [6, 6.07) is 10.3. The first-order valence-corrected chi connectivity index (χ1v) is 10.6. The second kappa shape index (κ2) is 8.57. The molecule has 3 heterocycles. The molecule has 1 spiro atoms. The zero-order valence-electron chi connectivity index (χ0n) is 16.3. The van der Waals surface area contributed by atoms with Crippen molar-refractivity contribution < 1.29 is 9.53 Å². The molecule has 27 heavy (non-hydrogen) atoms. The summed E-state index contributed by atoms with van der Waals surface area (Å²) in [4.78, 5) is 17.2. The molecule has 0 bridgehead atoms. The highest BCUT2D eigenvalue weighted by atomic mass is 16.5. The van der Waals surface area contributed by atoms with Gasteiger partial charge in [0.15, 0.2) is 0 Å². The molecule has 4 rings (SSSR count). The molecule has 1 aromatic rings. The van der Waals surface area contributed by atoms with Gasteiger partial charge in [-0.05, 0) is 56.2 Å². The third-order valence-electron chi connectivity index (χ3n) is 6.49. The summed E-state index contributed by atoms with van der Waals surface area (Å²) in [7, 11) is 0. The van der Waals surface area contributed by atoms with Crippen LogP contribution in [0.1, 0.15) is 44.1 Å². The van der Waals surface area contributed by atoms with E-state index in [9.17, 15) is 4.79 Å². The van der Waals surface area contributed by atoms with Crippen molar-refractivity contribution in [2.45, 2.75) is 44.6 Å². The van der Waals surface area contributed by atoms with Gasteiger partial charge in [-0.1, -0.05) is 42.5 Å². The van der Waals surface area contributed by atoms with Crippen LogP contribution in [0.2, 0.25) is 0 Å². The van der Waals surface area contributed by atoms with Crippen LogP contribution in [0.3, 0.4) is 0 Å². The van der Waals surface area contributed by atoms with Crippen molar-refractivity contribution in [3.63, 3.8) is 0 Å². The average molecular weight is 369 g/mol. The Balaban J connectivity index is 1.25. The largest absolute Gasteiger partial charge is 0.377 e. The molecule has 0 aromatic heterocycles. The summed E-state index contributed by atoms with van der Waals surface area (Å²) in [5.41, 5.74) is 1.40. The average Bonchev–Trinajstić information content (AvgIpc) is 3.01. The molecule has 1 aromatic carbocycles. The quantitative estimate of drug-likeness (QED) is 0.796. The number of carbonyl (C=O) groups is 1. The molecule has 3 aliphatic heterocycles. The fourth-order valence-corrected chi connectivity index (χ4v) is 4.81. The van der Waals surface area contributed by atoms with Crippen molar-refractivity contribution >= 4 is 12.0 Å². The number of likely N-dealkylation sites (tertiary alicyclic amines) is 2. The maximum atomic E-state index is 12.5. The van der Waals surface area contributed by atoms with Crippen LogP contribution in [-0.4, -0.2) is 61.1 Å². The van der Waals surface area contributed by atoms with Crippen LogP contribution in [0.15, 0.2) is 36.4 Å². The Morgan fingerprint density at radius 2 is 1.96 bits per heavy atom. The van der Waals surface area contributed by atoms with Crippen molar-refractivity contribution in [3.8, 4) is 0 Å². The van der Waals surface area contributed by atoms with E-state index in [1.807, 2.05) is 18.2 Å². The van der Waals surface area contributed by atoms with E-state index in [1.54, 1.807) is 0 Å². The minimum atomic E-state index is 0.210. The van der Waals surface area contributed by atoms with Crippen LogP contribution in [0, 0.1) is 5.41 Å². The number of benzene rings is 1. The first-order valence-electron chi connectivity index (χ1n) is 10.6. The lowest BCUT2D eigenvalue weighted by Crippen LogP contribution is -2.45. The minimum Gasteiger partial charge on any atom is -0.377 e. The molecule has 0 N–H and O–H groups in total. The van der Waals surface area contributed by atoms with Gasteiger partial charge in [-0.25, -0.2) is 0 Å². The zero-order valence-corrected chi connectivity index (χ0v) is 16.3. The van der Waals surface area contributed by atoms with Crippen molar-refractivity contribution in [2.24, 2.45) is 5.41 Å². The highest BCUT2D eigenvalue weighted by Crippen LogP contribution is 2.41. The normalized spacial score (nSPS) is 26.3. The highest BCUT2D eigenvalue weighted by molar-refractivity contribution is 5.79. The van der Waals surface area contributed by atoms with E-state index >= 15 is 0 Å². The number of piperidine rings is 1. The molecule has 0 saturated carbocycles. The van der Waals surface area contributed by atoms with E-state index in [1.165, 1.54) is 24.8 Å². The Kier molecular flexibility index (Phi) is 5.94. The molecule has 0 aliphatic carbocycles. The molecule has 3 fully saturated rings. The number of rotatable bonds is 5. The minimum absolute atomic E-state index is 0.210. The van der Waals surface area contributed by atoms with Crippen molar-refractivity contribution in [3.05, 3.63) is 42.0 Å². The highest BCUT2D eigenvalue weighted by Gasteiger charge is 2.44. The van der Waals surface area contributed by atoms with Crippen LogP contribution in [0.5, 0.6) is 0 Å². The predicted molar refractivity (Wildman–Crippen MR) is 108 cm³/mol. The maximum absolute atomic E-state index is 12.5. The summed E-state index contributed by atoms with van der Waals surface area (Å²) in [5.74, 6) is 0.330. The third-order valence-corrected chi connectivity index (χ3v) is 6.49. The summed E-state index contributed by atoms with van der Waals surface area (Å²) in [6.07, 6.45) is 11.4. The molecule has 4 nitrogen and oxygen atoms in total. The van der Waals surface area contributed by atoms with Gasteiger partial charge >= 0.3 is 0 Å². The van der Waals surface area contributed by atoms with Crippen LogP contribution in [0.25, 0.3) is 6.08 Å². The van der Waals surface area contributed by atoms with E-state index < -0.39 is 0 Å². The summed E-state index contributed by atoms with van der Waals surface area (Å²) in [5, 5.41) is 0. The fourth-order valence-electron chi connectivity index (χ4n) is 4.81. The van der Waals surface area contributed by atoms with Crippen molar-refractivity contribution in [2.75, 3.05) is 39.3 Å². The van der Waals surface area contributed by atoms with Crippen LogP contribution in [-0.2, 0) is 9.53 Å². The fraction of sp³-hybridized carbons (Fsp3) is 0.609. The van der Waals surface area contributed by atoms with Gasteiger partial charge in [-0.3, -0.25) is 4.79 Å². The molecule has 3 saturated heterocycles.